The van der Waals surface area contributed by atoms with Crippen LogP contribution in [0.25, 0.3) is 0 Å². The van der Waals surface area contributed by atoms with Gasteiger partial charge in [-0.1, -0.05) is 19.9 Å². The molecule has 0 saturated heterocycles. The van der Waals surface area contributed by atoms with Gasteiger partial charge in [-0.2, -0.15) is 0 Å². The van der Waals surface area contributed by atoms with Crippen molar-refractivity contribution in [3.8, 4) is 17.2 Å². The summed E-state index contributed by atoms with van der Waals surface area (Å²) in [5.41, 5.74) is 0.675. The lowest BCUT2D eigenvalue weighted by Gasteiger charge is -2.08. The summed E-state index contributed by atoms with van der Waals surface area (Å²) in [6.45, 7) is 4.19. The van der Waals surface area contributed by atoms with Gasteiger partial charge in [-0.3, -0.25) is 0 Å². The smallest absolute Gasteiger partial charge is 0.200 e. The Labute approximate surface area is 83.6 Å². The van der Waals surface area contributed by atoms with E-state index in [1.54, 1.807) is 6.07 Å². The fraction of sp³-hybridized carbons (Fsp3) is 0.455. The molecule has 14 heavy (non-hydrogen) atoms. The van der Waals surface area contributed by atoms with E-state index in [1.165, 1.54) is 6.07 Å². The van der Waals surface area contributed by atoms with E-state index in [4.69, 9.17) is 5.11 Å². The van der Waals surface area contributed by atoms with Gasteiger partial charge in [-0.05, 0) is 30.4 Å². The number of benzene rings is 1. The lowest BCUT2D eigenvalue weighted by atomic mass is 10.0. The second-order valence-corrected chi connectivity index (χ2v) is 3.87. The van der Waals surface area contributed by atoms with Crippen LogP contribution in [-0.4, -0.2) is 15.3 Å². The number of aromatic hydroxyl groups is 3. The molecule has 0 fully saturated rings. The third kappa shape index (κ3) is 2.31. The van der Waals surface area contributed by atoms with Crippen molar-refractivity contribution in [3.63, 3.8) is 0 Å². The molecule has 0 atom stereocenters. The maximum Gasteiger partial charge on any atom is 0.200 e. The average Bonchev–Trinajstić information content (AvgIpc) is 2.13. The highest BCUT2D eigenvalue weighted by atomic mass is 16.3. The minimum Gasteiger partial charge on any atom is -0.504 e. The SMILES string of the molecule is CC(C)CCc1ccc(O)c(O)c1O. The molecule has 3 heteroatoms. The standard InChI is InChI=1S/C11H16O3/c1-7(2)3-4-8-5-6-9(12)11(14)10(8)13/h5-7,12-14H,3-4H2,1-2H3. The van der Waals surface area contributed by atoms with Crippen molar-refractivity contribution in [2.24, 2.45) is 5.92 Å². The summed E-state index contributed by atoms with van der Waals surface area (Å²) in [5.74, 6) is -0.363. The van der Waals surface area contributed by atoms with Crippen LogP contribution >= 0.6 is 0 Å². The summed E-state index contributed by atoms with van der Waals surface area (Å²) >= 11 is 0. The van der Waals surface area contributed by atoms with Crippen LogP contribution in [0.2, 0.25) is 0 Å². The molecule has 1 aromatic rings. The molecule has 0 unspecified atom stereocenters. The molecule has 0 aromatic heterocycles. The van der Waals surface area contributed by atoms with Gasteiger partial charge >= 0.3 is 0 Å². The van der Waals surface area contributed by atoms with E-state index in [0.717, 1.165) is 6.42 Å². The first-order chi connectivity index (χ1) is 6.52. The predicted molar refractivity (Wildman–Crippen MR) is 54.6 cm³/mol. The second kappa shape index (κ2) is 4.22. The fourth-order valence-electron chi connectivity index (χ4n) is 1.26. The summed E-state index contributed by atoms with van der Waals surface area (Å²) in [7, 11) is 0. The zero-order valence-corrected chi connectivity index (χ0v) is 8.49. The maximum absolute atomic E-state index is 9.48. The first-order valence-corrected chi connectivity index (χ1v) is 4.75. The number of hydrogen-bond donors (Lipinski definition) is 3. The summed E-state index contributed by atoms with van der Waals surface area (Å²) in [5, 5.41) is 27.8. The quantitative estimate of drug-likeness (QED) is 0.650. The number of aryl methyl sites for hydroxylation is 1. The minimum absolute atomic E-state index is 0.203. The van der Waals surface area contributed by atoms with Gasteiger partial charge in [0, 0.05) is 0 Å². The van der Waals surface area contributed by atoms with Crippen LogP contribution in [0.5, 0.6) is 17.2 Å². The normalized spacial score (nSPS) is 10.8. The van der Waals surface area contributed by atoms with Gasteiger partial charge in [0.25, 0.3) is 0 Å². The Bertz CT molecular complexity index is 319. The Morgan fingerprint density at radius 1 is 1.07 bits per heavy atom. The lowest BCUT2D eigenvalue weighted by Crippen LogP contribution is -1.92. The Morgan fingerprint density at radius 3 is 2.29 bits per heavy atom. The number of rotatable bonds is 3. The van der Waals surface area contributed by atoms with E-state index in [9.17, 15) is 10.2 Å². The molecule has 0 heterocycles. The predicted octanol–water partition coefficient (Wildman–Crippen LogP) is 2.39. The highest BCUT2D eigenvalue weighted by molar-refractivity contribution is 5.53. The van der Waals surface area contributed by atoms with E-state index in [0.29, 0.717) is 17.9 Å². The van der Waals surface area contributed by atoms with Crippen molar-refractivity contribution in [3.05, 3.63) is 17.7 Å². The summed E-state index contributed by atoms with van der Waals surface area (Å²) < 4.78 is 0. The molecular weight excluding hydrogens is 180 g/mol. The molecule has 0 radical (unpaired) electrons. The number of phenols is 3. The molecule has 1 rings (SSSR count). The minimum atomic E-state index is -0.425. The molecule has 0 bridgehead atoms. The molecule has 78 valence electrons. The Balaban J connectivity index is 2.83. The van der Waals surface area contributed by atoms with E-state index < -0.39 is 5.75 Å². The van der Waals surface area contributed by atoms with Gasteiger partial charge in [0.2, 0.25) is 5.75 Å². The van der Waals surface area contributed by atoms with Crippen LogP contribution < -0.4 is 0 Å². The van der Waals surface area contributed by atoms with Gasteiger partial charge in [0.1, 0.15) is 0 Å². The van der Waals surface area contributed by atoms with Crippen molar-refractivity contribution >= 4 is 0 Å². The number of phenolic OH excluding ortho intramolecular Hbond substituents is 3. The van der Waals surface area contributed by atoms with Gasteiger partial charge in [-0.15, -0.1) is 0 Å². The first-order valence-electron chi connectivity index (χ1n) is 4.75. The molecule has 3 nitrogen and oxygen atoms in total. The van der Waals surface area contributed by atoms with Crippen molar-refractivity contribution in [2.75, 3.05) is 0 Å². The van der Waals surface area contributed by atoms with Crippen LogP contribution in [0.1, 0.15) is 25.8 Å². The van der Waals surface area contributed by atoms with Gasteiger partial charge < -0.3 is 15.3 Å². The Kier molecular flexibility index (Phi) is 3.23. The lowest BCUT2D eigenvalue weighted by molar-refractivity contribution is 0.364. The third-order valence-electron chi connectivity index (χ3n) is 2.20. The maximum atomic E-state index is 9.48. The van der Waals surface area contributed by atoms with Crippen LogP contribution in [0, 0.1) is 5.92 Å². The zero-order valence-electron chi connectivity index (χ0n) is 8.49. The average molecular weight is 196 g/mol. The largest absolute Gasteiger partial charge is 0.504 e. The van der Waals surface area contributed by atoms with Gasteiger partial charge in [0.15, 0.2) is 11.5 Å². The molecule has 0 amide bonds. The second-order valence-electron chi connectivity index (χ2n) is 3.87. The molecule has 3 N–H and O–H groups in total. The van der Waals surface area contributed by atoms with Crippen LogP contribution in [0.3, 0.4) is 0 Å². The zero-order chi connectivity index (χ0) is 10.7. The van der Waals surface area contributed by atoms with Crippen molar-refractivity contribution in [1.29, 1.82) is 0 Å². The fourth-order valence-corrected chi connectivity index (χ4v) is 1.26. The highest BCUT2D eigenvalue weighted by Gasteiger charge is 2.10. The van der Waals surface area contributed by atoms with E-state index in [2.05, 4.69) is 13.8 Å². The van der Waals surface area contributed by atoms with Crippen LogP contribution in [0.4, 0.5) is 0 Å². The van der Waals surface area contributed by atoms with Crippen molar-refractivity contribution < 1.29 is 15.3 Å². The number of hydrogen-bond acceptors (Lipinski definition) is 3. The van der Waals surface area contributed by atoms with Crippen molar-refractivity contribution in [1.82, 2.24) is 0 Å². The monoisotopic (exact) mass is 196 g/mol. The molecule has 0 aliphatic rings. The highest BCUT2D eigenvalue weighted by Crippen LogP contribution is 2.37. The molecule has 0 aliphatic heterocycles. The van der Waals surface area contributed by atoms with Gasteiger partial charge in [-0.25, -0.2) is 0 Å². The molecular formula is C11H16O3. The topological polar surface area (TPSA) is 60.7 Å². The summed E-state index contributed by atoms with van der Waals surface area (Å²) in [6, 6.07) is 3.03. The summed E-state index contributed by atoms with van der Waals surface area (Å²) in [6.07, 6.45) is 1.65. The van der Waals surface area contributed by atoms with E-state index in [-0.39, 0.29) is 11.5 Å². The van der Waals surface area contributed by atoms with Crippen LogP contribution in [-0.2, 0) is 6.42 Å². The molecule has 0 aliphatic carbocycles. The van der Waals surface area contributed by atoms with Crippen LogP contribution in [0.15, 0.2) is 12.1 Å². The Morgan fingerprint density at radius 2 is 1.71 bits per heavy atom. The van der Waals surface area contributed by atoms with E-state index >= 15 is 0 Å². The van der Waals surface area contributed by atoms with Crippen molar-refractivity contribution in [2.45, 2.75) is 26.7 Å². The van der Waals surface area contributed by atoms with E-state index in [1.807, 2.05) is 0 Å². The first kappa shape index (κ1) is 10.7. The molecule has 0 spiro atoms. The summed E-state index contributed by atoms with van der Waals surface area (Å²) in [4.78, 5) is 0. The Hall–Kier alpha value is -1.38. The van der Waals surface area contributed by atoms with Gasteiger partial charge in [0.05, 0.1) is 0 Å². The molecule has 0 saturated carbocycles. The third-order valence-corrected chi connectivity index (χ3v) is 2.20. The molecule has 1 aromatic carbocycles.